The SMILES string of the molecule is CCC1CCC(C(=O)CCCC(C)N)CC1. The number of hydrogen-bond donors (Lipinski definition) is 1. The molecule has 0 saturated heterocycles. The van der Waals surface area contributed by atoms with E-state index in [2.05, 4.69) is 6.92 Å². The molecule has 0 heterocycles. The minimum atomic E-state index is 0.239. The molecule has 0 aromatic heterocycles. The molecule has 0 spiro atoms. The summed E-state index contributed by atoms with van der Waals surface area (Å²) < 4.78 is 0. The van der Waals surface area contributed by atoms with Gasteiger partial charge in [0.1, 0.15) is 5.78 Å². The molecule has 1 atom stereocenters. The topological polar surface area (TPSA) is 43.1 Å². The van der Waals surface area contributed by atoms with Crippen molar-refractivity contribution in [3.8, 4) is 0 Å². The number of Topliss-reactive ketones (excluding diaryl/α,β-unsaturated/α-hetero) is 1. The van der Waals surface area contributed by atoms with Crippen molar-refractivity contribution in [3.05, 3.63) is 0 Å². The molecule has 0 radical (unpaired) electrons. The highest BCUT2D eigenvalue weighted by molar-refractivity contribution is 5.81. The fraction of sp³-hybridized carbons (Fsp3) is 0.929. The first-order chi connectivity index (χ1) is 7.63. The molecule has 1 aliphatic carbocycles. The summed E-state index contributed by atoms with van der Waals surface area (Å²) in [5, 5.41) is 0. The monoisotopic (exact) mass is 225 g/mol. The molecule has 0 aromatic carbocycles. The van der Waals surface area contributed by atoms with E-state index in [1.807, 2.05) is 6.92 Å². The molecule has 2 N–H and O–H groups in total. The lowest BCUT2D eigenvalue weighted by atomic mass is 9.78. The summed E-state index contributed by atoms with van der Waals surface area (Å²) in [7, 11) is 0. The molecule has 1 unspecified atom stereocenters. The van der Waals surface area contributed by atoms with Gasteiger partial charge in [0.2, 0.25) is 0 Å². The van der Waals surface area contributed by atoms with Crippen LogP contribution in [0.5, 0.6) is 0 Å². The number of hydrogen-bond acceptors (Lipinski definition) is 2. The third-order valence-electron chi connectivity index (χ3n) is 3.96. The Bertz CT molecular complexity index is 205. The molecule has 0 aliphatic heterocycles. The summed E-state index contributed by atoms with van der Waals surface area (Å²) in [6.45, 7) is 4.27. The van der Waals surface area contributed by atoms with E-state index in [9.17, 15) is 4.79 Å². The van der Waals surface area contributed by atoms with Gasteiger partial charge in [-0.25, -0.2) is 0 Å². The molecular weight excluding hydrogens is 198 g/mol. The van der Waals surface area contributed by atoms with Gasteiger partial charge in [-0.05, 0) is 51.4 Å². The average molecular weight is 225 g/mol. The largest absolute Gasteiger partial charge is 0.328 e. The normalized spacial score (nSPS) is 27.7. The van der Waals surface area contributed by atoms with Gasteiger partial charge in [0.25, 0.3) is 0 Å². The van der Waals surface area contributed by atoms with Gasteiger partial charge in [-0.1, -0.05) is 13.3 Å². The number of nitrogens with two attached hydrogens (primary N) is 1. The second-order valence-corrected chi connectivity index (χ2v) is 5.46. The predicted octanol–water partition coefficient (Wildman–Crippen LogP) is 3.29. The lowest BCUT2D eigenvalue weighted by Gasteiger charge is -2.26. The molecule has 2 nitrogen and oxygen atoms in total. The van der Waals surface area contributed by atoms with Crippen molar-refractivity contribution in [1.29, 1.82) is 0 Å². The minimum absolute atomic E-state index is 0.239. The number of carbonyl (C=O) groups excluding carboxylic acids is 1. The van der Waals surface area contributed by atoms with Crippen LogP contribution in [0.4, 0.5) is 0 Å². The Hall–Kier alpha value is -0.370. The molecule has 0 amide bonds. The van der Waals surface area contributed by atoms with E-state index in [-0.39, 0.29) is 6.04 Å². The molecule has 1 saturated carbocycles. The van der Waals surface area contributed by atoms with E-state index in [0.717, 1.165) is 38.0 Å². The molecule has 1 fully saturated rings. The Labute approximate surface area is 100.0 Å². The fourth-order valence-corrected chi connectivity index (χ4v) is 2.70. The van der Waals surface area contributed by atoms with Crippen LogP contribution in [0.15, 0.2) is 0 Å². The van der Waals surface area contributed by atoms with Crippen molar-refractivity contribution in [2.75, 3.05) is 0 Å². The minimum Gasteiger partial charge on any atom is -0.328 e. The van der Waals surface area contributed by atoms with Crippen LogP contribution in [0.1, 0.15) is 65.2 Å². The van der Waals surface area contributed by atoms with Crippen LogP contribution in [-0.2, 0) is 4.79 Å². The maximum absolute atomic E-state index is 11.9. The van der Waals surface area contributed by atoms with E-state index < -0.39 is 0 Å². The Morgan fingerprint density at radius 1 is 1.31 bits per heavy atom. The van der Waals surface area contributed by atoms with E-state index in [1.54, 1.807) is 0 Å². The maximum Gasteiger partial charge on any atom is 0.135 e. The summed E-state index contributed by atoms with van der Waals surface area (Å²) >= 11 is 0. The van der Waals surface area contributed by atoms with E-state index >= 15 is 0 Å². The highest BCUT2D eigenvalue weighted by Crippen LogP contribution is 2.31. The Morgan fingerprint density at radius 2 is 1.94 bits per heavy atom. The van der Waals surface area contributed by atoms with Gasteiger partial charge in [0, 0.05) is 18.4 Å². The second-order valence-electron chi connectivity index (χ2n) is 5.46. The van der Waals surface area contributed by atoms with Gasteiger partial charge in [0.15, 0.2) is 0 Å². The predicted molar refractivity (Wildman–Crippen MR) is 68.2 cm³/mol. The highest BCUT2D eigenvalue weighted by Gasteiger charge is 2.24. The molecule has 16 heavy (non-hydrogen) atoms. The van der Waals surface area contributed by atoms with Gasteiger partial charge in [0.05, 0.1) is 0 Å². The lowest BCUT2D eigenvalue weighted by molar-refractivity contribution is -0.124. The molecule has 1 rings (SSSR count). The third-order valence-corrected chi connectivity index (χ3v) is 3.96. The Kier molecular flexibility index (Phi) is 6.04. The van der Waals surface area contributed by atoms with Gasteiger partial charge in [-0.15, -0.1) is 0 Å². The van der Waals surface area contributed by atoms with Crippen LogP contribution in [0.2, 0.25) is 0 Å². The summed E-state index contributed by atoms with van der Waals surface area (Å²) in [6.07, 6.45) is 8.79. The van der Waals surface area contributed by atoms with Crippen molar-refractivity contribution < 1.29 is 4.79 Å². The zero-order valence-electron chi connectivity index (χ0n) is 10.9. The van der Waals surface area contributed by atoms with Crippen molar-refractivity contribution in [1.82, 2.24) is 0 Å². The van der Waals surface area contributed by atoms with Crippen molar-refractivity contribution in [2.45, 2.75) is 71.3 Å². The highest BCUT2D eigenvalue weighted by atomic mass is 16.1. The van der Waals surface area contributed by atoms with Crippen molar-refractivity contribution >= 4 is 5.78 Å². The zero-order valence-corrected chi connectivity index (χ0v) is 10.9. The van der Waals surface area contributed by atoms with E-state index in [4.69, 9.17) is 5.73 Å². The first kappa shape index (κ1) is 13.7. The third kappa shape index (κ3) is 4.65. The first-order valence-corrected chi connectivity index (χ1v) is 6.91. The molecule has 0 bridgehead atoms. The smallest absolute Gasteiger partial charge is 0.135 e. The van der Waals surface area contributed by atoms with Gasteiger partial charge < -0.3 is 5.73 Å². The van der Waals surface area contributed by atoms with E-state index in [1.165, 1.54) is 19.3 Å². The molecule has 0 aromatic rings. The molecular formula is C14H27NO. The lowest BCUT2D eigenvalue weighted by Crippen LogP contribution is -2.22. The zero-order chi connectivity index (χ0) is 12.0. The van der Waals surface area contributed by atoms with Gasteiger partial charge in [-0.3, -0.25) is 4.79 Å². The molecule has 2 heteroatoms. The summed E-state index contributed by atoms with van der Waals surface area (Å²) in [5.74, 6) is 1.75. The van der Waals surface area contributed by atoms with Crippen molar-refractivity contribution in [2.24, 2.45) is 17.6 Å². The summed E-state index contributed by atoms with van der Waals surface area (Å²) in [5.41, 5.74) is 5.68. The second kappa shape index (κ2) is 7.05. The van der Waals surface area contributed by atoms with Crippen LogP contribution in [0, 0.1) is 11.8 Å². The van der Waals surface area contributed by atoms with Crippen LogP contribution in [0.3, 0.4) is 0 Å². The Morgan fingerprint density at radius 3 is 2.44 bits per heavy atom. The van der Waals surface area contributed by atoms with Gasteiger partial charge >= 0.3 is 0 Å². The van der Waals surface area contributed by atoms with Crippen molar-refractivity contribution in [3.63, 3.8) is 0 Å². The summed E-state index contributed by atoms with van der Waals surface area (Å²) in [4.78, 5) is 11.9. The van der Waals surface area contributed by atoms with Crippen LogP contribution in [-0.4, -0.2) is 11.8 Å². The van der Waals surface area contributed by atoms with Gasteiger partial charge in [-0.2, -0.15) is 0 Å². The van der Waals surface area contributed by atoms with Crippen LogP contribution in [0.25, 0.3) is 0 Å². The number of rotatable bonds is 6. The number of ketones is 1. The first-order valence-electron chi connectivity index (χ1n) is 6.91. The summed E-state index contributed by atoms with van der Waals surface area (Å²) in [6, 6.07) is 0.239. The average Bonchev–Trinajstić information content (AvgIpc) is 2.28. The number of carbonyl (C=O) groups is 1. The maximum atomic E-state index is 11.9. The quantitative estimate of drug-likeness (QED) is 0.753. The van der Waals surface area contributed by atoms with Crippen LogP contribution >= 0.6 is 0 Å². The molecule has 94 valence electrons. The Balaban J connectivity index is 2.18. The standard InChI is InChI=1S/C14H27NO/c1-3-12-7-9-13(10-8-12)14(16)6-4-5-11(2)15/h11-13H,3-10,15H2,1-2H3. The fourth-order valence-electron chi connectivity index (χ4n) is 2.70. The van der Waals surface area contributed by atoms with E-state index in [0.29, 0.717) is 11.7 Å². The molecule has 1 aliphatic rings. The van der Waals surface area contributed by atoms with Crippen LogP contribution < -0.4 is 5.73 Å².